The van der Waals surface area contributed by atoms with Gasteiger partial charge in [0.1, 0.15) is 6.10 Å². The summed E-state index contributed by atoms with van der Waals surface area (Å²) in [5, 5.41) is 0. The maximum absolute atomic E-state index is 12.7. The van der Waals surface area contributed by atoms with E-state index in [-0.39, 0.29) is 17.6 Å². The predicted molar refractivity (Wildman–Crippen MR) is 105 cm³/mol. The third-order valence-corrected chi connectivity index (χ3v) is 6.16. The van der Waals surface area contributed by atoms with Gasteiger partial charge in [0.15, 0.2) is 0 Å². The second-order valence-corrected chi connectivity index (χ2v) is 8.00. The molecule has 0 saturated carbocycles. The molecule has 3 fully saturated rings. The summed E-state index contributed by atoms with van der Waals surface area (Å²) in [4.78, 5) is 19.6. The zero-order valence-electron chi connectivity index (χ0n) is 16.3. The van der Waals surface area contributed by atoms with Crippen LogP contribution >= 0.6 is 0 Å². The molecule has 6 nitrogen and oxygen atoms in total. The number of morpholine rings is 2. The van der Waals surface area contributed by atoms with Crippen LogP contribution in [-0.4, -0.2) is 86.4 Å². The van der Waals surface area contributed by atoms with E-state index in [0.29, 0.717) is 6.54 Å². The number of rotatable bonds is 4. The molecule has 1 amide bonds. The molecule has 3 saturated heterocycles. The zero-order chi connectivity index (χ0) is 18.7. The molecule has 0 N–H and O–H groups in total. The Bertz CT molecular complexity index is 625. The number of likely N-dealkylation sites (tertiary alicyclic amines) is 1. The Morgan fingerprint density at radius 1 is 1.00 bits per heavy atom. The number of carbonyl (C=O) groups excluding carboxylic acids is 1. The largest absolute Gasteiger partial charge is 0.379 e. The first-order chi connectivity index (χ1) is 13.2. The average molecular weight is 373 g/mol. The van der Waals surface area contributed by atoms with Crippen molar-refractivity contribution in [2.45, 2.75) is 31.5 Å². The fourth-order valence-corrected chi connectivity index (χ4v) is 4.44. The van der Waals surface area contributed by atoms with E-state index in [0.717, 1.165) is 71.0 Å². The van der Waals surface area contributed by atoms with Gasteiger partial charge in [-0.05, 0) is 31.9 Å². The smallest absolute Gasteiger partial charge is 0.255 e. The summed E-state index contributed by atoms with van der Waals surface area (Å²) < 4.78 is 11.7. The molecule has 0 bridgehead atoms. The number of para-hydroxylation sites is 1. The third-order valence-electron chi connectivity index (χ3n) is 6.16. The summed E-state index contributed by atoms with van der Waals surface area (Å²) in [6, 6.07) is 10.00. The number of benzene rings is 1. The first-order valence-electron chi connectivity index (χ1n) is 10.2. The average Bonchev–Trinajstić information content (AvgIpc) is 2.72. The Hall–Kier alpha value is -1.47. The molecule has 0 radical (unpaired) electrons. The van der Waals surface area contributed by atoms with Gasteiger partial charge < -0.3 is 19.3 Å². The van der Waals surface area contributed by atoms with Gasteiger partial charge in [-0.2, -0.15) is 0 Å². The van der Waals surface area contributed by atoms with Crippen molar-refractivity contribution in [1.29, 1.82) is 0 Å². The lowest BCUT2D eigenvalue weighted by Crippen LogP contribution is -2.61. The van der Waals surface area contributed by atoms with E-state index in [1.165, 1.54) is 0 Å². The van der Waals surface area contributed by atoms with E-state index >= 15 is 0 Å². The summed E-state index contributed by atoms with van der Waals surface area (Å²) in [5.74, 6) is 0.0709. The van der Waals surface area contributed by atoms with Crippen molar-refractivity contribution in [2.24, 2.45) is 0 Å². The van der Waals surface area contributed by atoms with E-state index in [2.05, 4.69) is 9.80 Å². The van der Waals surface area contributed by atoms with E-state index in [4.69, 9.17) is 9.47 Å². The molecule has 4 rings (SSSR count). The van der Waals surface area contributed by atoms with Crippen molar-refractivity contribution in [3.8, 4) is 0 Å². The van der Waals surface area contributed by atoms with Gasteiger partial charge >= 0.3 is 0 Å². The highest BCUT2D eigenvalue weighted by atomic mass is 16.5. The van der Waals surface area contributed by atoms with Crippen molar-refractivity contribution in [3.63, 3.8) is 0 Å². The molecular weight excluding hydrogens is 342 g/mol. The van der Waals surface area contributed by atoms with Crippen LogP contribution in [0, 0.1) is 0 Å². The van der Waals surface area contributed by atoms with Gasteiger partial charge in [0.05, 0.1) is 25.4 Å². The van der Waals surface area contributed by atoms with Crippen LogP contribution in [0.2, 0.25) is 0 Å². The first kappa shape index (κ1) is 18.9. The number of hydrogen-bond donors (Lipinski definition) is 0. The first-order valence-corrected chi connectivity index (χ1v) is 10.2. The number of hydrogen-bond acceptors (Lipinski definition) is 5. The summed E-state index contributed by atoms with van der Waals surface area (Å²) >= 11 is 0. The van der Waals surface area contributed by atoms with Crippen molar-refractivity contribution < 1.29 is 14.3 Å². The van der Waals surface area contributed by atoms with Gasteiger partial charge in [-0.25, -0.2) is 0 Å². The van der Waals surface area contributed by atoms with Gasteiger partial charge in [0, 0.05) is 45.0 Å². The SMILES string of the molecule is CC1OC2(CCN(CCN3CCOCC3)CC2)CN(c2ccccc2)C1=O. The highest BCUT2D eigenvalue weighted by Gasteiger charge is 2.45. The lowest BCUT2D eigenvalue weighted by Gasteiger charge is -2.49. The highest BCUT2D eigenvalue weighted by molar-refractivity contribution is 5.97. The highest BCUT2D eigenvalue weighted by Crippen LogP contribution is 2.34. The minimum Gasteiger partial charge on any atom is -0.379 e. The van der Waals surface area contributed by atoms with E-state index in [1.54, 1.807) is 0 Å². The van der Waals surface area contributed by atoms with Gasteiger partial charge in [-0.15, -0.1) is 0 Å². The van der Waals surface area contributed by atoms with Gasteiger partial charge in [-0.3, -0.25) is 9.69 Å². The molecule has 1 aromatic rings. The van der Waals surface area contributed by atoms with Crippen LogP contribution in [0.4, 0.5) is 5.69 Å². The summed E-state index contributed by atoms with van der Waals surface area (Å²) in [6.45, 7) is 10.7. The van der Waals surface area contributed by atoms with Crippen LogP contribution in [-0.2, 0) is 14.3 Å². The van der Waals surface area contributed by atoms with Gasteiger partial charge in [-0.1, -0.05) is 18.2 Å². The van der Waals surface area contributed by atoms with Crippen LogP contribution in [0.15, 0.2) is 30.3 Å². The molecule has 3 heterocycles. The molecule has 0 aromatic heterocycles. The van der Waals surface area contributed by atoms with E-state index in [9.17, 15) is 4.79 Å². The lowest BCUT2D eigenvalue weighted by atomic mass is 9.88. The minimum atomic E-state index is -0.376. The van der Waals surface area contributed by atoms with Crippen LogP contribution in [0.25, 0.3) is 0 Å². The second kappa shape index (κ2) is 8.27. The van der Waals surface area contributed by atoms with Crippen molar-refractivity contribution in [1.82, 2.24) is 9.80 Å². The normalized spacial score (nSPS) is 27.2. The monoisotopic (exact) mass is 373 g/mol. The molecule has 0 aliphatic carbocycles. The number of amides is 1. The van der Waals surface area contributed by atoms with E-state index in [1.807, 2.05) is 42.2 Å². The van der Waals surface area contributed by atoms with Crippen LogP contribution in [0.1, 0.15) is 19.8 Å². The summed E-state index contributed by atoms with van der Waals surface area (Å²) in [5.41, 5.74) is 0.769. The maximum atomic E-state index is 12.7. The number of carbonyl (C=O) groups is 1. The second-order valence-electron chi connectivity index (χ2n) is 8.00. The van der Waals surface area contributed by atoms with Crippen LogP contribution in [0.3, 0.4) is 0 Å². The minimum absolute atomic E-state index is 0.0709. The van der Waals surface area contributed by atoms with Crippen LogP contribution in [0.5, 0.6) is 0 Å². The summed E-state index contributed by atoms with van der Waals surface area (Å²) in [6.07, 6.45) is 1.59. The number of ether oxygens (including phenoxy) is 2. The topological polar surface area (TPSA) is 45.2 Å². The van der Waals surface area contributed by atoms with Crippen molar-refractivity contribution in [3.05, 3.63) is 30.3 Å². The Labute approximate surface area is 162 Å². The van der Waals surface area contributed by atoms with Gasteiger partial charge in [0.2, 0.25) is 0 Å². The number of piperidine rings is 1. The van der Waals surface area contributed by atoms with Crippen molar-refractivity contribution >= 4 is 11.6 Å². The van der Waals surface area contributed by atoms with Gasteiger partial charge in [0.25, 0.3) is 5.91 Å². The number of anilines is 1. The fraction of sp³-hybridized carbons (Fsp3) is 0.667. The quantitative estimate of drug-likeness (QED) is 0.802. The molecular formula is C21H31N3O3. The Morgan fingerprint density at radius 3 is 2.30 bits per heavy atom. The molecule has 1 spiro atoms. The summed E-state index contributed by atoms with van der Waals surface area (Å²) in [7, 11) is 0. The third kappa shape index (κ3) is 4.35. The molecule has 27 heavy (non-hydrogen) atoms. The molecule has 148 valence electrons. The van der Waals surface area contributed by atoms with Crippen molar-refractivity contribution in [2.75, 3.05) is 63.9 Å². The molecule has 1 atom stereocenters. The Morgan fingerprint density at radius 2 is 1.63 bits per heavy atom. The standard InChI is InChI=1S/C21H31N3O3/c1-18-20(25)24(19-5-3-2-4-6-19)17-21(27-18)7-9-22(10-8-21)11-12-23-13-15-26-16-14-23/h2-6,18H,7-17H2,1H3. The molecule has 3 aliphatic rings. The maximum Gasteiger partial charge on any atom is 0.255 e. The predicted octanol–water partition coefficient (Wildman–Crippen LogP) is 1.61. The Balaban J connectivity index is 1.34. The molecule has 3 aliphatic heterocycles. The number of nitrogens with zero attached hydrogens (tertiary/aromatic N) is 3. The molecule has 1 aromatic carbocycles. The lowest BCUT2D eigenvalue weighted by molar-refractivity contribution is -0.161. The molecule has 6 heteroatoms. The fourth-order valence-electron chi connectivity index (χ4n) is 4.44. The Kier molecular flexibility index (Phi) is 5.78. The van der Waals surface area contributed by atoms with E-state index < -0.39 is 0 Å². The van der Waals surface area contributed by atoms with Crippen LogP contribution < -0.4 is 4.90 Å². The molecule has 1 unspecified atom stereocenters. The zero-order valence-corrected chi connectivity index (χ0v) is 16.3.